The maximum Gasteiger partial charge on any atom is 0.269 e. The summed E-state index contributed by atoms with van der Waals surface area (Å²) in [7, 11) is 3.68. The van der Waals surface area contributed by atoms with E-state index in [0.29, 0.717) is 5.69 Å². The van der Waals surface area contributed by atoms with Gasteiger partial charge in [0.15, 0.2) is 0 Å². The minimum Gasteiger partial charge on any atom is -0.348 e. The lowest BCUT2D eigenvalue weighted by molar-refractivity contribution is -0.131. The summed E-state index contributed by atoms with van der Waals surface area (Å²) in [6.07, 6.45) is 5.90. The number of hydrogen-bond donors (Lipinski definition) is 1. The number of nitrogens with one attached hydrogen (secondary N) is 1. The van der Waals surface area contributed by atoms with Crippen molar-refractivity contribution in [3.8, 4) is 0 Å². The lowest BCUT2D eigenvalue weighted by atomic mass is 10.0. The van der Waals surface area contributed by atoms with Gasteiger partial charge >= 0.3 is 0 Å². The molecule has 7 nitrogen and oxygen atoms in total. The first-order valence-corrected chi connectivity index (χ1v) is 7.82. The van der Waals surface area contributed by atoms with Crippen LogP contribution < -0.4 is 5.32 Å². The first kappa shape index (κ1) is 15.0. The Bertz CT molecular complexity index is 562. The third-order valence-electron chi connectivity index (χ3n) is 4.75. The van der Waals surface area contributed by atoms with Crippen LogP contribution in [0.5, 0.6) is 0 Å². The summed E-state index contributed by atoms with van der Waals surface area (Å²) in [4.78, 5) is 32.3. The number of aromatic nitrogens is 2. The molecular formula is C15H23N5O2. The normalized spacial score (nSPS) is 24.0. The summed E-state index contributed by atoms with van der Waals surface area (Å²) in [5.41, 5.74) is 0.579. The fourth-order valence-corrected chi connectivity index (χ4v) is 3.33. The molecular weight excluding hydrogens is 282 g/mol. The largest absolute Gasteiger partial charge is 0.348 e. The minimum atomic E-state index is -0.0740. The number of piperidine rings is 1. The molecule has 7 heteroatoms. The summed E-state index contributed by atoms with van der Waals surface area (Å²) in [5.74, 6) is 0.160. The molecule has 2 fully saturated rings. The van der Waals surface area contributed by atoms with Crippen LogP contribution in [0.3, 0.4) is 0 Å². The van der Waals surface area contributed by atoms with Gasteiger partial charge in [-0.3, -0.25) is 14.5 Å². The Morgan fingerprint density at radius 2 is 1.95 bits per heavy atom. The molecule has 0 spiro atoms. The van der Waals surface area contributed by atoms with Gasteiger partial charge in [-0.2, -0.15) is 0 Å². The fraction of sp³-hybridized carbons (Fsp3) is 0.667. The van der Waals surface area contributed by atoms with E-state index in [1.54, 1.807) is 22.0 Å². The summed E-state index contributed by atoms with van der Waals surface area (Å²) in [5, 5.41) is 3.07. The van der Waals surface area contributed by atoms with Gasteiger partial charge < -0.3 is 14.8 Å². The van der Waals surface area contributed by atoms with E-state index in [4.69, 9.17) is 0 Å². The van der Waals surface area contributed by atoms with Crippen molar-refractivity contribution in [2.75, 3.05) is 26.7 Å². The zero-order valence-electron chi connectivity index (χ0n) is 13.2. The summed E-state index contributed by atoms with van der Waals surface area (Å²) in [6.45, 7) is 2.57. The molecule has 120 valence electrons. The van der Waals surface area contributed by atoms with Crippen molar-refractivity contribution in [2.24, 2.45) is 7.05 Å². The quantitative estimate of drug-likeness (QED) is 0.843. The Balaban J connectivity index is 1.51. The first-order chi connectivity index (χ1) is 10.6. The van der Waals surface area contributed by atoms with Crippen molar-refractivity contribution in [3.05, 3.63) is 18.2 Å². The van der Waals surface area contributed by atoms with Crippen LogP contribution >= 0.6 is 0 Å². The number of rotatable bonds is 3. The lowest BCUT2D eigenvalue weighted by Crippen LogP contribution is -2.50. The first-order valence-electron chi connectivity index (χ1n) is 7.82. The second kappa shape index (κ2) is 6.08. The molecule has 2 saturated heterocycles. The Labute approximate surface area is 130 Å². The van der Waals surface area contributed by atoms with E-state index in [-0.39, 0.29) is 23.9 Å². The van der Waals surface area contributed by atoms with Crippen LogP contribution in [-0.4, -0.2) is 69.9 Å². The zero-order chi connectivity index (χ0) is 15.7. The fourth-order valence-electron chi connectivity index (χ4n) is 3.33. The van der Waals surface area contributed by atoms with Gasteiger partial charge in [0.2, 0.25) is 5.91 Å². The Morgan fingerprint density at radius 1 is 1.23 bits per heavy atom. The van der Waals surface area contributed by atoms with Gasteiger partial charge in [-0.05, 0) is 19.3 Å². The molecule has 0 aromatic carbocycles. The van der Waals surface area contributed by atoms with E-state index in [0.717, 1.165) is 38.9 Å². The van der Waals surface area contributed by atoms with Crippen molar-refractivity contribution >= 4 is 11.8 Å². The average Bonchev–Trinajstić information content (AvgIpc) is 3.07. The van der Waals surface area contributed by atoms with Gasteiger partial charge in [-0.25, -0.2) is 4.98 Å². The molecule has 2 aliphatic rings. The monoisotopic (exact) mass is 305 g/mol. The molecule has 1 atom stereocenters. The third kappa shape index (κ3) is 2.85. The highest BCUT2D eigenvalue weighted by molar-refractivity contribution is 5.92. The molecule has 0 aliphatic carbocycles. The van der Waals surface area contributed by atoms with Crippen LogP contribution in [0.1, 0.15) is 29.8 Å². The molecule has 1 aromatic rings. The van der Waals surface area contributed by atoms with Crippen LogP contribution in [0.25, 0.3) is 0 Å². The van der Waals surface area contributed by atoms with Gasteiger partial charge in [0.1, 0.15) is 5.69 Å². The highest BCUT2D eigenvalue weighted by Crippen LogP contribution is 2.20. The number of nitrogens with zero attached hydrogens (tertiary/aromatic N) is 4. The van der Waals surface area contributed by atoms with Gasteiger partial charge in [-0.1, -0.05) is 0 Å². The smallest absolute Gasteiger partial charge is 0.269 e. The lowest BCUT2D eigenvalue weighted by Gasteiger charge is -2.35. The average molecular weight is 305 g/mol. The van der Waals surface area contributed by atoms with Gasteiger partial charge in [0.05, 0.1) is 18.6 Å². The number of carbonyl (C=O) groups excluding carboxylic acids is 2. The van der Waals surface area contributed by atoms with Gasteiger partial charge in [0.25, 0.3) is 5.91 Å². The van der Waals surface area contributed by atoms with E-state index in [1.807, 2.05) is 14.1 Å². The highest BCUT2D eigenvalue weighted by Gasteiger charge is 2.35. The van der Waals surface area contributed by atoms with E-state index < -0.39 is 0 Å². The summed E-state index contributed by atoms with van der Waals surface area (Å²) >= 11 is 0. The topological polar surface area (TPSA) is 70.5 Å². The molecule has 0 bridgehead atoms. The van der Waals surface area contributed by atoms with E-state index in [1.165, 1.54) is 0 Å². The standard InChI is InChI=1S/C15H23N5O2/c1-18-6-5-12(15(18)22)20-7-3-11(4-8-20)17-14(21)13-9-16-10-19(13)2/h9-12H,3-8H2,1-2H3,(H,17,21). The Morgan fingerprint density at radius 3 is 2.50 bits per heavy atom. The van der Waals surface area contributed by atoms with Crippen LogP contribution in [0.2, 0.25) is 0 Å². The maximum absolute atomic E-state index is 12.2. The predicted molar refractivity (Wildman–Crippen MR) is 81.3 cm³/mol. The highest BCUT2D eigenvalue weighted by atomic mass is 16.2. The second-order valence-electron chi connectivity index (χ2n) is 6.24. The second-order valence-corrected chi connectivity index (χ2v) is 6.24. The molecule has 3 rings (SSSR count). The van der Waals surface area contributed by atoms with Crippen molar-refractivity contribution in [1.29, 1.82) is 0 Å². The molecule has 0 saturated carbocycles. The van der Waals surface area contributed by atoms with E-state index in [9.17, 15) is 9.59 Å². The van der Waals surface area contributed by atoms with Crippen molar-refractivity contribution in [1.82, 2.24) is 24.7 Å². The van der Waals surface area contributed by atoms with Crippen molar-refractivity contribution < 1.29 is 9.59 Å². The maximum atomic E-state index is 12.2. The molecule has 2 aliphatic heterocycles. The molecule has 3 heterocycles. The van der Waals surface area contributed by atoms with Crippen molar-refractivity contribution in [2.45, 2.75) is 31.3 Å². The molecule has 0 radical (unpaired) electrons. The molecule has 22 heavy (non-hydrogen) atoms. The number of imidazole rings is 1. The van der Waals surface area contributed by atoms with E-state index in [2.05, 4.69) is 15.2 Å². The van der Waals surface area contributed by atoms with E-state index >= 15 is 0 Å². The van der Waals surface area contributed by atoms with Crippen molar-refractivity contribution in [3.63, 3.8) is 0 Å². The number of likely N-dealkylation sites (tertiary alicyclic amines) is 2. The number of likely N-dealkylation sites (N-methyl/N-ethyl adjacent to an activating group) is 1. The number of carbonyl (C=O) groups is 2. The molecule has 1 aromatic heterocycles. The number of amides is 2. The van der Waals surface area contributed by atoms with Crippen LogP contribution in [-0.2, 0) is 11.8 Å². The number of aryl methyl sites for hydroxylation is 1. The zero-order valence-corrected chi connectivity index (χ0v) is 13.2. The van der Waals surface area contributed by atoms with Crippen LogP contribution in [0.4, 0.5) is 0 Å². The molecule has 1 N–H and O–H groups in total. The molecule has 1 unspecified atom stereocenters. The predicted octanol–water partition coefficient (Wildman–Crippen LogP) is -0.155. The summed E-state index contributed by atoms with van der Waals surface area (Å²) < 4.78 is 1.72. The Kier molecular flexibility index (Phi) is 4.15. The van der Waals surface area contributed by atoms with Gasteiger partial charge in [-0.15, -0.1) is 0 Å². The number of hydrogen-bond acceptors (Lipinski definition) is 4. The SMILES string of the molecule is CN1CCC(N2CCC(NC(=O)c3cncn3C)CC2)C1=O. The Hall–Kier alpha value is -1.89. The van der Waals surface area contributed by atoms with Crippen LogP contribution in [0, 0.1) is 0 Å². The molecule has 2 amide bonds. The van der Waals surface area contributed by atoms with Gasteiger partial charge in [0, 0.05) is 39.8 Å². The minimum absolute atomic E-state index is 0.0405. The summed E-state index contributed by atoms with van der Waals surface area (Å²) in [6, 6.07) is 0.214. The third-order valence-corrected chi connectivity index (χ3v) is 4.75. The van der Waals surface area contributed by atoms with Crippen LogP contribution in [0.15, 0.2) is 12.5 Å².